The lowest BCUT2D eigenvalue weighted by Crippen LogP contribution is -2.18. The van der Waals surface area contributed by atoms with Crippen LogP contribution in [0.15, 0.2) is 36.4 Å². The van der Waals surface area contributed by atoms with Crippen molar-refractivity contribution in [2.24, 2.45) is 0 Å². The van der Waals surface area contributed by atoms with Crippen molar-refractivity contribution < 1.29 is 32.7 Å². The Morgan fingerprint density at radius 1 is 1.19 bits per heavy atom. The zero-order valence-electron chi connectivity index (χ0n) is 13.1. The number of nitrogens with zero attached hydrogens (tertiary/aromatic N) is 1. The molecule has 0 atom stereocenters. The lowest BCUT2D eigenvalue weighted by atomic mass is 10.1. The number of carbonyl (C=O) groups excluding carboxylic acids is 1. The van der Waals surface area contributed by atoms with Gasteiger partial charge >= 0.3 is 6.61 Å². The highest BCUT2D eigenvalue weighted by Crippen LogP contribution is 2.37. The van der Waals surface area contributed by atoms with Gasteiger partial charge in [-0.15, -0.1) is 0 Å². The SMILES string of the molecule is O=C(Nc1cccc(OC(F)F)c1)c1cc2c(cc1[N+](=O)[O-])OCCO2. The number of nitrogens with one attached hydrogen (secondary N) is 1. The number of amides is 1. The predicted molar refractivity (Wildman–Crippen MR) is 85.1 cm³/mol. The number of carbonyl (C=O) groups is 1. The van der Waals surface area contributed by atoms with E-state index in [1.165, 1.54) is 30.3 Å². The first-order valence-electron chi connectivity index (χ1n) is 7.38. The molecule has 8 nitrogen and oxygen atoms in total. The van der Waals surface area contributed by atoms with Crippen molar-refractivity contribution in [3.05, 3.63) is 52.1 Å². The molecule has 2 aromatic rings. The second-order valence-corrected chi connectivity index (χ2v) is 5.13. The van der Waals surface area contributed by atoms with Gasteiger partial charge in [-0.3, -0.25) is 14.9 Å². The number of anilines is 1. The smallest absolute Gasteiger partial charge is 0.387 e. The van der Waals surface area contributed by atoms with Gasteiger partial charge in [-0.2, -0.15) is 8.78 Å². The molecular weight excluding hydrogens is 354 g/mol. The molecule has 1 aliphatic heterocycles. The molecule has 0 bridgehead atoms. The van der Waals surface area contributed by atoms with Crippen LogP contribution in [0.1, 0.15) is 10.4 Å². The van der Waals surface area contributed by atoms with Crippen molar-refractivity contribution in [1.82, 2.24) is 0 Å². The first kappa shape index (κ1) is 17.4. The highest BCUT2D eigenvalue weighted by atomic mass is 19.3. The summed E-state index contributed by atoms with van der Waals surface area (Å²) < 4.78 is 39.4. The second kappa shape index (κ2) is 7.21. The van der Waals surface area contributed by atoms with E-state index >= 15 is 0 Å². The van der Waals surface area contributed by atoms with Crippen LogP contribution in [-0.2, 0) is 0 Å². The largest absolute Gasteiger partial charge is 0.486 e. The fourth-order valence-electron chi connectivity index (χ4n) is 2.36. The van der Waals surface area contributed by atoms with Crippen molar-refractivity contribution >= 4 is 17.3 Å². The molecule has 0 aliphatic carbocycles. The van der Waals surface area contributed by atoms with Gasteiger partial charge in [-0.1, -0.05) is 6.07 Å². The van der Waals surface area contributed by atoms with E-state index < -0.39 is 23.1 Å². The van der Waals surface area contributed by atoms with E-state index in [0.717, 1.165) is 6.07 Å². The van der Waals surface area contributed by atoms with Crippen LogP contribution >= 0.6 is 0 Å². The number of nitro benzene ring substituents is 1. The molecule has 0 aromatic heterocycles. The summed E-state index contributed by atoms with van der Waals surface area (Å²) in [6.45, 7) is -2.52. The quantitative estimate of drug-likeness (QED) is 0.644. The number of alkyl halides is 2. The molecule has 3 rings (SSSR count). The van der Waals surface area contributed by atoms with Gasteiger partial charge in [0.25, 0.3) is 11.6 Å². The molecule has 2 aromatic carbocycles. The van der Waals surface area contributed by atoms with E-state index in [1.807, 2.05) is 0 Å². The Labute approximate surface area is 145 Å². The van der Waals surface area contributed by atoms with E-state index in [4.69, 9.17) is 9.47 Å². The van der Waals surface area contributed by atoms with Crippen LogP contribution in [0.2, 0.25) is 0 Å². The van der Waals surface area contributed by atoms with Crippen LogP contribution in [0, 0.1) is 10.1 Å². The summed E-state index contributed by atoms with van der Waals surface area (Å²) >= 11 is 0. The van der Waals surface area contributed by atoms with Crippen LogP contribution in [0.25, 0.3) is 0 Å². The lowest BCUT2D eigenvalue weighted by molar-refractivity contribution is -0.385. The van der Waals surface area contributed by atoms with Crippen LogP contribution in [0.5, 0.6) is 17.2 Å². The molecule has 1 amide bonds. The number of rotatable bonds is 5. The van der Waals surface area contributed by atoms with Crippen molar-refractivity contribution in [3.63, 3.8) is 0 Å². The summed E-state index contributed by atoms with van der Waals surface area (Å²) in [5, 5.41) is 13.7. The summed E-state index contributed by atoms with van der Waals surface area (Å²) in [5.74, 6) is -0.578. The number of halogens is 2. The number of ether oxygens (including phenoxy) is 3. The predicted octanol–water partition coefficient (Wildman–Crippen LogP) is 3.22. The van der Waals surface area contributed by atoms with Crippen molar-refractivity contribution in [1.29, 1.82) is 0 Å². The molecule has 0 saturated carbocycles. The fraction of sp³-hybridized carbons (Fsp3) is 0.188. The summed E-state index contributed by atoms with van der Waals surface area (Å²) in [6.07, 6.45) is 0. The maximum absolute atomic E-state index is 12.5. The maximum Gasteiger partial charge on any atom is 0.387 e. The Morgan fingerprint density at radius 2 is 1.88 bits per heavy atom. The first-order valence-corrected chi connectivity index (χ1v) is 7.38. The molecule has 0 radical (unpaired) electrons. The summed E-state index contributed by atoms with van der Waals surface area (Å²) in [7, 11) is 0. The van der Waals surface area contributed by atoms with Crippen molar-refractivity contribution in [3.8, 4) is 17.2 Å². The van der Waals surface area contributed by atoms with Crippen LogP contribution in [-0.4, -0.2) is 30.7 Å². The Balaban J connectivity index is 1.89. The van der Waals surface area contributed by atoms with E-state index in [1.54, 1.807) is 0 Å². The molecule has 10 heteroatoms. The molecule has 136 valence electrons. The average molecular weight is 366 g/mol. The van der Waals surface area contributed by atoms with Gasteiger partial charge in [-0.05, 0) is 12.1 Å². The Kier molecular flexibility index (Phi) is 4.83. The molecule has 0 spiro atoms. The van der Waals surface area contributed by atoms with Crippen molar-refractivity contribution in [2.75, 3.05) is 18.5 Å². The highest BCUT2D eigenvalue weighted by Gasteiger charge is 2.26. The third-order valence-corrected chi connectivity index (χ3v) is 3.42. The highest BCUT2D eigenvalue weighted by molar-refractivity contribution is 6.07. The number of nitro groups is 1. The molecule has 0 fully saturated rings. The van der Waals surface area contributed by atoms with Gasteiger partial charge in [0.15, 0.2) is 11.5 Å². The molecule has 1 aliphatic rings. The van der Waals surface area contributed by atoms with Gasteiger partial charge in [0.2, 0.25) is 0 Å². The third kappa shape index (κ3) is 3.79. The summed E-state index contributed by atoms with van der Waals surface area (Å²) in [6, 6.07) is 7.61. The molecule has 1 heterocycles. The van der Waals surface area contributed by atoms with E-state index in [9.17, 15) is 23.7 Å². The minimum Gasteiger partial charge on any atom is -0.486 e. The molecule has 0 saturated heterocycles. The van der Waals surface area contributed by atoms with Crippen LogP contribution in [0.3, 0.4) is 0 Å². The average Bonchev–Trinajstić information content (AvgIpc) is 2.60. The van der Waals surface area contributed by atoms with Crippen LogP contribution in [0.4, 0.5) is 20.2 Å². The molecule has 26 heavy (non-hydrogen) atoms. The lowest BCUT2D eigenvalue weighted by Gasteiger charge is -2.19. The minimum absolute atomic E-state index is 0.136. The summed E-state index contributed by atoms with van der Waals surface area (Å²) in [4.78, 5) is 23.0. The normalized spacial score (nSPS) is 12.6. The van der Waals surface area contributed by atoms with Crippen molar-refractivity contribution in [2.45, 2.75) is 6.61 Å². The van der Waals surface area contributed by atoms with Gasteiger partial charge in [-0.25, -0.2) is 0 Å². The first-order chi connectivity index (χ1) is 12.4. The maximum atomic E-state index is 12.5. The minimum atomic E-state index is -3.01. The number of hydrogen-bond acceptors (Lipinski definition) is 6. The number of fused-ring (bicyclic) bond motifs is 1. The Morgan fingerprint density at radius 3 is 2.54 bits per heavy atom. The monoisotopic (exact) mass is 366 g/mol. The molecule has 1 N–H and O–H groups in total. The zero-order valence-corrected chi connectivity index (χ0v) is 13.1. The van der Waals surface area contributed by atoms with Gasteiger partial charge < -0.3 is 19.5 Å². The van der Waals surface area contributed by atoms with Crippen LogP contribution < -0.4 is 19.5 Å². The molecular formula is C16H12F2N2O6. The van der Waals surface area contributed by atoms with E-state index in [-0.39, 0.29) is 41.7 Å². The van der Waals surface area contributed by atoms with Gasteiger partial charge in [0, 0.05) is 17.8 Å². The van der Waals surface area contributed by atoms with Gasteiger partial charge in [0.1, 0.15) is 24.5 Å². The topological polar surface area (TPSA) is 99.9 Å². The Bertz CT molecular complexity index is 859. The standard InChI is InChI=1S/C16H12F2N2O6/c17-16(18)26-10-3-1-2-9(6-10)19-15(21)11-7-13-14(25-5-4-24-13)8-12(11)20(22)23/h1-3,6-8,16H,4-5H2,(H,19,21). The zero-order chi connectivity index (χ0) is 18.7. The fourth-order valence-corrected chi connectivity index (χ4v) is 2.36. The molecule has 0 unspecified atom stereocenters. The van der Waals surface area contributed by atoms with Gasteiger partial charge in [0.05, 0.1) is 11.0 Å². The summed E-state index contributed by atoms with van der Waals surface area (Å²) in [5.41, 5.74) is -0.580. The number of hydrogen-bond donors (Lipinski definition) is 1. The number of benzene rings is 2. The Hall–Kier alpha value is -3.43. The third-order valence-electron chi connectivity index (χ3n) is 3.42. The van der Waals surface area contributed by atoms with E-state index in [2.05, 4.69) is 10.1 Å². The van der Waals surface area contributed by atoms with E-state index in [0.29, 0.717) is 0 Å². The second-order valence-electron chi connectivity index (χ2n) is 5.13.